The highest BCUT2D eigenvalue weighted by Gasteiger charge is 2.06. The first kappa shape index (κ1) is 32.6. The summed E-state index contributed by atoms with van der Waals surface area (Å²) in [4.78, 5) is 36.5. The number of benzene rings is 4. The summed E-state index contributed by atoms with van der Waals surface area (Å²) in [7, 11) is 0. The van der Waals surface area contributed by atoms with E-state index in [-0.39, 0.29) is 12.1 Å². The molecule has 2 aromatic heterocycles. The van der Waals surface area contributed by atoms with Crippen LogP contribution < -0.4 is 21.3 Å². The number of aromatic nitrogens is 3. The molecule has 2 heterocycles. The largest absolute Gasteiger partial charge is 0.323 e. The molecule has 0 spiro atoms. The maximum Gasteiger partial charge on any atom is 0.323 e. The molecule has 4 N–H and O–H groups in total. The molecular weight excluding hydrogens is 633 g/mol. The molecule has 0 aliphatic rings. The fourth-order valence-electron chi connectivity index (χ4n) is 4.30. The Kier molecular flexibility index (Phi) is 11.1. The average Bonchev–Trinajstić information content (AvgIpc) is 3.08. The molecule has 47 heavy (non-hydrogen) atoms. The molecule has 4 amide bonds. The topological polar surface area (TPSA) is 121 Å². The predicted molar refractivity (Wildman–Crippen MR) is 190 cm³/mol. The Labute approximate surface area is 282 Å². The Morgan fingerprint density at radius 3 is 1.62 bits per heavy atom. The minimum Gasteiger partial charge on any atom is -0.308 e. The van der Waals surface area contributed by atoms with Gasteiger partial charge in [0.2, 0.25) is 0 Å². The van der Waals surface area contributed by atoms with Crippen molar-refractivity contribution in [1.82, 2.24) is 15.0 Å². The summed E-state index contributed by atoms with van der Waals surface area (Å²) in [6.45, 7) is 1.91. The van der Waals surface area contributed by atoms with Crippen molar-refractivity contribution in [2.45, 2.75) is 6.92 Å². The third-order valence-electron chi connectivity index (χ3n) is 6.56. The SMILES string of the molecule is Cc1cc(-c2cccc(NC(=O)Nc3ccc(Cl)cc3)c2)ncn1.O=C(Nc1ccc(Cl)cc1)Nc1ccc(-c2cccnc2)cc1. The summed E-state index contributed by atoms with van der Waals surface area (Å²) < 4.78 is 0. The first-order chi connectivity index (χ1) is 22.8. The van der Waals surface area contributed by atoms with Gasteiger partial charge in [-0.3, -0.25) is 4.98 Å². The van der Waals surface area contributed by atoms with Crippen LogP contribution in [0.15, 0.2) is 134 Å². The minimum atomic E-state index is -0.326. The number of carbonyl (C=O) groups is 2. The van der Waals surface area contributed by atoms with E-state index in [1.807, 2.05) is 73.7 Å². The predicted octanol–water partition coefficient (Wildman–Crippen LogP) is 9.80. The van der Waals surface area contributed by atoms with Crippen LogP contribution in [0.2, 0.25) is 10.0 Å². The van der Waals surface area contributed by atoms with Crippen molar-refractivity contribution in [2.75, 3.05) is 21.3 Å². The van der Waals surface area contributed by atoms with Crippen LogP contribution in [0.1, 0.15) is 5.69 Å². The van der Waals surface area contributed by atoms with Crippen LogP contribution in [0.4, 0.5) is 32.3 Å². The molecule has 9 nitrogen and oxygen atoms in total. The molecule has 0 radical (unpaired) electrons. The van der Waals surface area contributed by atoms with Crippen molar-refractivity contribution in [1.29, 1.82) is 0 Å². The molecular formula is C36H29Cl2N7O2. The Balaban J connectivity index is 0.000000185. The number of halogens is 2. The van der Waals surface area contributed by atoms with Gasteiger partial charge < -0.3 is 21.3 Å². The minimum absolute atomic E-state index is 0.304. The second kappa shape index (κ2) is 16.0. The number of hydrogen-bond donors (Lipinski definition) is 4. The maximum absolute atomic E-state index is 12.1. The maximum atomic E-state index is 12.1. The molecule has 0 fully saturated rings. The van der Waals surface area contributed by atoms with Gasteiger partial charge in [-0.25, -0.2) is 19.6 Å². The van der Waals surface area contributed by atoms with E-state index >= 15 is 0 Å². The highest BCUT2D eigenvalue weighted by atomic mass is 35.5. The molecule has 6 rings (SSSR count). The van der Waals surface area contributed by atoms with Gasteiger partial charge in [-0.2, -0.15) is 0 Å². The van der Waals surface area contributed by atoms with E-state index in [2.05, 4.69) is 36.2 Å². The van der Waals surface area contributed by atoms with Crippen LogP contribution in [0.25, 0.3) is 22.4 Å². The van der Waals surface area contributed by atoms with Crippen molar-refractivity contribution in [3.63, 3.8) is 0 Å². The number of pyridine rings is 1. The summed E-state index contributed by atoms with van der Waals surface area (Å²) in [5, 5.41) is 12.3. The molecule has 234 valence electrons. The zero-order valence-electron chi connectivity index (χ0n) is 25.1. The van der Waals surface area contributed by atoms with Crippen molar-refractivity contribution >= 4 is 58.0 Å². The van der Waals surface area contributed by atoms with E-state index in [4.69, 9.17) is 23.2 Å². The van der Waals surface area contributed by atoms with Gasteiger partial charge in [-0.05, 0) is 103 Å². The van der Waals surface area contributed by atoms with Crippen molar-refractivity contribution < 1.29 is 9.59 Å². The van der Waals surface area contributed by atoms with Crippen molar-refractivity contribution in [3.05, 3.63) is 150 Å². The lowest BCUT2D eigenvalue weighted by molar-refractivity contribution is 0.261. The number of hydrogen-bond acceptors (Lipinski definition) is 5. The van der Waals surface area contributed by atoms with Gasteiger partial charge in [-0.15, -0.1) is 0 Å². The second-order valence-electron chi connectivity index (χ2n) is 10.1. The number of nitrogens with zero attached hydrogens (tertiary/aromatic N) is 3. The molecule has 0 aliphatic heterocycles. The van der Waals surface area contributed by atoms with E-state index in [0.717, 1.165) is 28.1 Å². The summed E-state index contributed by atoms with van der Waals surface area (Å²) in [5.41, 5.74) is 7.41. The number of amides is 4. The number of aryl methyl sites for hydroxylation is 1. The van der Waals surface area contributed by atoms with Gasteiger partial charge in [0.15, 0.2) is 0 Å². The lowest BCUT2D eigenvalue weighted by Crippen LogP contribution is -2.19. The molecule has 11 heteroatoms. The number of rotatable bonds is 6. The quantitative estimate of drug-likeness (QED) is 0.142. The number of urea groups is 2. The molecule has 0 saturated carbocycles. The summed E-state index contributed by atoms with van der Waals surface area (Å²) in [6.07, 6.45) is 5.06. The molecule has 4 aromatic carbocycles. The summed E-state index contributed by atoms with van der Waals surface area (Å²) >= 11 is 11.6. The van der Waals surface area contributed by atoms with Gasteiger partial charge in [0, 0.05) is 56.4 Å². The van der Waals surface area contributed by atoms with Crippen LogP contribution >= 0.6 is 23.2 Å². The van der Waals surface area contributed by atoms with Crippen LogP contribution in [0.3, 0.4) is 0 Å². The molecule has 0 atom stereocenters. The smallest absolute Gasteiger partial charge is 0.308 e. The van der Waals surface area contributed by atoms with Gasteiger partial charge in [0.1, 0.15) is 6.33 Å². The highest BCUT2D eigenvalue weighted by Crippen LogP contribution is 2.22. The standard InChI is InChI=1S/C18H15ClN4O.C18H14ClN3O/c1-12-9-17(21-11-20-12)13-3-2-4-16(10-13)23-18(24)22-15-7-5-14(19)6-8-15;19-15-5-9-17(10-6-15)22-18(23)21-16-7-3-13(4-8-16)14-2-1-11-20-12-14/h2-11H,1H3,(H2,22,23,24);1-12H,(H2,21,22,23). The van der Waals surface area contributed by atoms with Crippen LogP contribution in [-0.4, -0.2) is 27.0 Å². The normalized spacial score (nSPS) is 10.2. The van der Waals surface area contributed by atoms with Crippen molar-refractivity contribution in [3.8, 4) is 22.4 Å². The highest BCUT2D eigenvalue weighted by molar-refractivity contribution is 6.31. The fourth-order valence-corrected chi connectivity index (χ4v) is 4.55. The molecule has 0 saturated heterocycles. The average molecular weight is 663 g/mol. The zero-order chi connectivity index (χ0) is 33.0. The van der Waals surface area contributed by atoms with E-state index in [9.17, 15) is 9.59 Å². The Morgan fingerprint density at radius 2 is 1.09 bits per heavy atom. The third-order valence-corrected chi connectivity index (χ3v) is 7.07. The van der Waals surface area contributed by atoms with Gasteiger partial charge in [-0.1, -0.05) is 53.5 Å². The van der Waals surface area contributed by atoms with E-state index < -0.39 is 0 Å². The van der Waals surface area contributed by atoms with Gasteiger partial charge in [0.25, 0.3) is 0 Å². The van der Waals surface area contributed by atoms with Gasteiger partial charge >= 0.3 is 12.1 Å². The zero-order valence-corrected chi connectivity index (χ0v) is 26.6. The first-order valence-electron chi connectivity index (χ1n) is 14.4. The molecule has 0 unspecified atom stereocenters. The Bertz CT molecular complexity index is 1940. The molecule has 0 bridgehead atoms. The lowest BCUT2D eigenvalue weighted by Gasteiger charge is -2.09. The monoisotopic (exact) mass is 661 g/mol. The Morgan fingerprint density at radius 1 is 0.553 bits per heavy atom. The molecule has 0 aliphatic carbocycles. The number of nitrogens with one attached hydrogen (secondary N) is 4. The second-order valence-corrected chi connectivity index (χ2v) is 11.0. The van der Waals surface area contributed by atoms with E-state index in [1.54, 1.807) is 60.9 Å². The van der Waals surface area contributed by atoms with Crippen molar-refractivity contribution in [2.24, 2.45) is 0 Å². The summed E-state index contributed by atoms with van der Waals surface area (Å²) in [5.74, 6) is 0. The summed E-state index contributed by atoms with van der Waals surface area (Å²) in [6, 6.07) is 34.1. The number of carbonyl (C=O) groups excluding carboxylic acids is 2. The fraction of sp³-hybridized carbons (Fsp3) is 0.0278. The first-order valence-corrected chi connectivity index (χ1v) is 15.1. The van der Waals surface area contributed by atoms with Crippen LogP contribution in [0.5, 0.6) is 0 Å². The van der Waals surface area contributed by atoms with E-state index in [1.165, 1.54) is 6.33 Å². The van der Waals surface area contributed by atoms with Crippen LogP contribution in [0, 0.1) is 6.92 Å². The lowest BCUT2D eigenvalue weighted by atomic mass is 10.1. The van der Waals surface area contributed by atoms with E-state index in [0.29, 0.717) is 32.8 Å². The van der Waals surface area contributed by atoms with Gasteiger partial charge in [0.05, 0.1) is 5.69 Å². The van der Waals surface area contributed by atoms with Crippen LogP contribution in [-0.2, 0) is 0 Å². The molecule has 6 aromatic rings. The number of anilines is 4. The Hall–Kier alpha value is -5.77. The third kappa shape index (κ3) is 10.1.